The SMILES string of the molecule is O=C(CSc1nnc(-c2ccco2)n1-c1ccccc1)N(Cc1ccccc1)C1CCS(=O)(=O)C1. The first-order valence-corrected chi connectivity index (χ1v) is 14.0. The summed E-state index contributed by atoms with van der Waals surface area (Å²) in [4.78, 5) is 15.1. The van der Waals surface area contributed by atoms with Gasteiger partial charge >= 0.3 is 0 Å². The highest BCUT2D eigenvalue weighted by Gasteiger charge is 2.35. The Morgan fingerprint density at radius 1 is 1.03 bits per heavy atom. The molecule has 5 rings (SSSR count). The summed E-state index contributed by atoms with van der Waals surface area (Å²) in [6.07, 6.45) is 2.03. The average molecular weight is 509 g/mol. The molecule has 4 aromatic rings. The second kappa shape index (κ2) is 10.1. The summed E-state index contributed by atoms with van der Waals surface area (Å²) in [5.74, 6) is 1.19. The lowest BCUT2D eigenvalue weighted by atomic mass is 10.1. The van der Waals surface area contributed by atoms with E-state index < -0.39 is 9.84 Å². The number of hydrogen-bond donors (Lipinski definition) is 0. The van der Waals surface area contributed by atoms with E-state index in [9.17, 15) is 13.2 Å². The monoisotopic (exact) mass is 508 g/mol. The summed E-state index contributed by atoms with van der Waals surface area (Å²) >= 11 is 1.27. The molecule has 3 heterocycles. The Labute approximate surface area is 207 Å². The van der Waals surface area contributed by atoms with Gasteiger partial charge in [0, 0.05) is 18.3 Å². The number of sulfone groups is 1. The Kier molecular flexibility index (Phi) is 6.74. The summed E-state index contributed by atoms with van der Waals surface area (Å²) in [6, 6.07) is 22.5. The van der Waals surface area contributed by atoms with Crippen LogP contribution in [0.5, 0.6) is 0 Å². The van der Waals surface area contributed by atoms with Crippen molar-refractivity contribution in [3.63, 3.8) is 0 Å². The van der Waals surface area contributed by atoms with E-state index in [0.29, 0.717) is 29.7 Å². The number of carbonyl (C=O) groups is 1. The number of rotatable bonds is 8. The van der Waals surface area contributed by atoms with E-state index in [1.807, 2.05) is 71.3 Å². The van der Waals surface area contributed by atoms with Gasteiger partial charge in [0.05, 0.1) is 23.5 Å². The summed E-state index contributed by atoms with van der Waals surface area (Å²) in [6.45, 7) is 0.365. The molecule has 1 fully saturated rings. The van der Waals surface area contributed by atoms with Gasteiger partial charge in [-0.2, -0.15) is 0 Å². The Hall–Kier alpha value is -3.37. The lowest BCUT2D eigenvalue weighted by Crippen LogP contribution is -2.41. The Morgan fingerprint density at radius 2 is 1.77 bits per heavy atom. The van der Waals surface area contributed by atoms with Crippen LogP contribution in [0.15, 0.2) is 88.6 Å². The second-order valence-electron chi connectivity index (χ2n) is 8.31. The molecule has 1 unspecified atom stereocenters. The number of amides is 1. The molecule has 1 aliphatic heterocycles. The molecule has 10 heteroatoms. The van der Waals surface area contributed by atoms with Gasteiger partial charge in [0.1, 0.15) is 0 Å². The maximum absolute atomic E-state index is 13.4. The third kappa shape index (κ3) is 5.33. The molecule has 8 nitrogen and oxygen atoms in total. The van der Waals surface area contributed by atoms with Crippen molar-refractivity contribution in [2.24, 2.45) is 0 Å². The van der Waals surface area contributed by atoms with E-state index in [1.54, 1.807) is 17.2 Å². The predicted octanol–water partition coefficient (Wildman–Crippen LogP) is 3.84. The number of aromatic nitrogens is 3. The smallest absolute Gasteiger partial charge is 0.233 e. The van der Waals surface area contributed by atoms with E-state index in [2.05, 4.69) is 10.2 Å². The van der Waals surface area contributed by atoms with Gasteiger partial charge in [-0.25, -0.2) is 8.42 Å². The molecule has 1 aliphatic rings. The molecule has 0 bridgehead atoms. The average Bonchev–Trinajstić information content (AvgIpc) is 3.62. The van der Waals surface area contributed by atoms with Gasteiger partial charge in [0.2, 0.25) is 11.7 Å². The molecule has 0 radical (unpaired) electrons. The van der Waals surface area contributed by atoms with Gasteiger partial charge in [-0.15, -0.1) is 10.2 Å². The first-order chi connectivity index (χ1) is 17.0. The van der Waals surface area contributed by atoms with Crippen LogP contribution in [0.25, 0.3) is 17.3 Å². The highest BCUT2D eigenvalue weighted by atomic mass is 32.2. The minimum Gasteiger partial charge on any atom is -0.461 e. The van der Waals surface area contributed by atoms with Crippen molar-refractivity contribution in [2.75, 3.05) is 17.3 Å². The molecule has 0 saturated carbocycles. The number of thioether (sulfide) groups is 1. The standard InChI is InChI=1S/C25H24N4O4S2/c30-23(28(16-19-8-3-1-4-9-19)21-13-15-35(31,32)18-21)17-34-25-27-26-24(22-12-7-14-33-22)29(25)20-10-5-2-6-11-20/h1-12,14,21H,13,15-18H2. The lowest BCUT2D eigenvalue weighted by molar-refractivity contribution is -0.130. The van der Waals surface area contributed by atoms with E-state index >= 15 is 0 Å². The van der Waals surface area contributed by atoms with Crippen molar-refractivity contribution >= 4 is 27.5 Å². The first-order valence-electron chi connectivity index (χ1n) is 11.2. The molecule has 0 N–H and O–H groups in total. The van der Waals surface area contributed by atoms with Crippen molar-refractivity contribution in [1.82, 2.24) is 19.7 Å². The van der Waals surface area contributed by atoms with Crippen LogP contribution in [-0.4, -0.2) is 57.3 Å². The summed E-state index contributed by atoms with van der Waals surface area (Å²) in [7, 11) is -3.14. The van der Waals surface area contributed by atoms with Crippen molar-refractivity contribution in [3.05, 3.63) is 84.6 Å². The van der Waals surface area contributed by atoms with Crippen molar-refractivity contribution in [3.8, 4) is 17.3 Å². The molecule has 0 spiro atoms. The zero-order valence-electron chi connectivity index (χ0n) is 18.9. The number of nitrogens with zero attached hydrogens (tertiary/aromatic N) is 4. The van der Waals surface area contributed by atoms with Gasteiger partial charge in [-0.3, -0.25) is 9.36 Å². The molecule has 1 saturated heterocycles. The van der Waals surface area contributed by atoms with E-state index in [4.69, 9.17) is 4.42 Å². The number of carbonyl (C=O) groups excluding carboxylic acids is 1. The zero-order chi connectivity index (χ0) is 24.3. The van der Waals surface area contributed by atoms with Crippen LogP contribution in [-0.2, 0) is 21.2 Å². The molecule has 2 aromatic heterocycles. The van der Waals surface area contributed by atoms with Crippen LogP contribution < -0.4 is 0 Å². The molecular formula is C25H24N4O4S2. The molecular weight excluding hydrogens is 484 g/mol. The fourth-order valence-electron chi connectivity index (χ4n) is 4.17. The van der Waals surface area contributed by atoms with Crippen LogP contribution in [0, 0.1) is 0 Å². The molecule has 1 atom stereocenters. The van der Waals surface area contributed by atoms with Crippen LogP contribution in [0.3, 0.4) is 0 Å². The Morgan fingerprint density at radius 3 is 2.43 bits per heavy atom. The second-order valence-corrected chi connectivity index (χ2v) is 11.5. The fourth-order valence-corrected chi connectivity index (χ4v) is 6.74. The summed E-state index contributed by atoms with van der Waals surface area (Å²) < 4.78 is 31.7. The lowest BCUT2D eigenvalue weighted by Gasteiger charge is -2.28. The third-order valence-electron chi connectivity index (χ3n) is 5.88. The molecule has 0 aliphatic carbocycles. The Bertz CT molecular complexity index is 1390. The van der Waals surface area contributed by atoms with Crippen LogP contribution >= 0.6 is 11.8 Å². The van der Waals surface area contributed by atoms with Gasteiger partial charge in [0.15, 0.2) is 20.8 Å². The normalized spacial score (nSPS) is 16.9. The minimum atomic E-state index is -3.14. The number of hydrogen-bond acceptors (Lipinski definition) is 7. The van der Waals surface area contributed by atoms with Gasteiger partial charge in [-0.1, -0.05) is 60.3 Å². The van der Waals surface area contributed by atoms with Crippen LogP contribution in [0.2, 0.25) is 0 Å². The van der Waals surface area contributed by atoms with Crippen molar-refractivity contribution in [1.29, 1.82) is 0 Å². The third-order valence-corrected chi connectivity index (χ3v) is 8.54. The summed E-state index contributed by atoms with van der Waals surface area (Å²) in [5, 5.41) is 9.20. The highest BCUT2D eigenvalue weighted by Crippen LogP contribution is 2.29. The van der Waals surface area contributed by atoms with Gasteiger partial charge in [0.25, 0.3) is 0 Å². The van der Waals surface area contributed by atoms with Gasteiger partial charge < -0.3 is 9.32 Å². The zero-order valence-corrected chi connectivity index (χ0v) is 20.5. The van der Waals surface area contributed by atoms with E-state index in [-0.39, 0.29) is 29.2 Å². The molecule has 35 heavy (non-hydrogen) atoms. The van der Waals surface area contributed by atoms with E-state index in [1.165, 1.54) is 11.8 Å². The van der Waals surface area contributed by atoms with Crippen molar-refractivity contribution < 1.29 is 17.6 Å². The predicted molar refractivity (Wildman–Crippen MR) is 134 cm³/mol. The molecule has 180 valence electrons. The number of benzene rings is 2. The van der Waals surface area contributed by atoms with Crippen LogP contribution in [0.1, 0.15) is 12.0 Å². The largest absolute Gasteiger partial charge is 0.461 e. The van der Waals surface area contributed by atoms with Crippen molar-refractivity contribution in [2.45, 2.75) is 24.2 Å². The first kappa shape index (κ1) is 23.4. The quantitative estimate of drug-likeness (QED) is 0.334. The van der Waals surface area contributed by atoms with E-state index in [0.717, 1.165) is 11.3 Å². The summed E-state index contributed by atoms with van der Waals surface area (Å²) in [5.41, 5.74) is 1.81. The minimum absolute atomic E-state index is 0.000913. The molecule has 2 aromatic carbocycles. The number of furan rings is 1. The maximum Gasteiger partial charge on any atom is 0.233 e. The highest BCUT2D eigenvalue weighted by molar-refractivity contribution is 7.99. The van der Waals surface area contributed by atoms with Crippen LogP contribution in [0.4, 0.5) is 0 Å². The topological polar surface area (TPSA) is 98.3 Å². The van der Waals surface area contributed by atoms with Gasteiger partial charge in [-0.05, 0) is 36.2 Å². The molecule has 1 amide bonds. The number of para-hydroxylation sites is 1. The Balaban J connectivity index is 1.40. The maximum atomic E-state index is 13.4. The fraction of sp³-hybridized carbons (Fsp3) is 0.240.